The molecule has 3 aromatic rings. The summed E-state index contributed by atoms with van der Waals surface area (Å²) in [6.45, 7) is 9.54. The molecule has 0 fully saturated rings. The van der Waals surface area contributed by atoms with Gasteiger partial charge in [0.1, 0.15) is 17.5 Å². The van der Waals surface area contributed by atoms with Crippen LogP contribution in [0.2, 0.25) is 0 Å². The number of aliphatic hydroxyl groups is 1. The molecule has 3 N–H and O–H groups in total. The van der Waals surface area contributed by atoms with Gasteiger partial charge in [0.25, 0.3) is 5.91 Å². The number of nitrogens with one attached hydrogen (secondary N) is 2. The Morgan fingerprint density at radius 1 is 1.05 bits per heavy atom. The lowest BCUT2D eigenvalue weighted by atomic mass is 9.86. The van der Waals surface area contributed by atoms with Crippen LogP contribution >= 0.6 is 0 Å². The maximum absolute atomic E-state index is 13.3. The number of anilines is 1. The highest BCUT2D eigenvalue weighted by Gasteiger charge is 2.44. The average molecular weight is 523 g/mol. The molecule has 7 nitrogen and oxygen atoms in total. The standard InChI is InChI=1S/C29H34N2O5S/c1-6-19-10-13-23(14-11-19)37(34,35)31-26-24-17-21(12-15-25(24)36-29(4,5)27(26)32)28(33)30-22-9-7-8-20(16-22)18(2)3/h7-18,26-27,31-32H,6H2,1-5H3,(H,30,33)/t26-,27+/m1/s1. The third-order valence-electron chi connectivity index (χ3n) is 6.74. The molecular weight excluding hydrogens is 488 g/mol. The van der Waals surface area contributed by atoms with Crippen LogP contribution < -0.4 is 14.8 Å². The Hall–Kier alpha value is -3.20. The van der Waals surface area contributed by atoms with E-state index in [0.29, 0.717) is 28.5 Å². The molecule has 0 unspecified atom stereocenters. The topological polar surface area (TPSA) is 105 Å². The van der Waals surface area contributed by atoms with Crippen LogP contribution in [0.5, 0.6) is 5.75 Å². The van der Waals surface area contributed by atoms with E-state index in [1.165, 1.54) is 0 Å². The van der Waals surface area contributed by atoms with Crippen LogP contribution in [0.1, 0.15) is 73.6 Å². The van der Waals surface area contributed by atoms with Crippen molar-refractivity contribution in [1.29, 1.82) is 0 Å². The van der Waals surface area contributed by atoms with Crippen molar-refractivity contribution >= 4 is 21.6 Å². The summed E-state index contributed by atoms with van der Waals surface area (Å²) >= 11 is 0. The van der Waals surface area contributed by atoms with Gasteiger partial charge >= 0.3 is 0 Å². The number of aryl methyl sites for hydroxylation is 1. The van der Waals surface area contributed by atoms with Crippen LogP contribution in [-0.2, 0) is 16.4 Å². The summed E-state index contributed by atoms with van der Waals surface area (Å²) in [4.78, 5) is 13.2. The van der Waals surface area contributed by atoms with Gasteiger partial charge in [-0.2, -0.15) is 0 Å². The Morgan fingerprint density at radius 3 is 2.41 bits per heavy atom. The molecule has 2 atom stereocenters. The van der Waals surface area contributed by atoms with Gasteiger partial charge in [0, 0.05) is 16.8 Å². The molecular formula is C29H34N2O5S. The van der Waals surface area contributed by atoms with Crippen LogP contribution in [0, 0.1) is 0 Å². The highest BCUT2D eigenvalue weighted by molar-refractivity contribution is 7.89. The molecule has 0 spiro atoms. The number of aliphatic hydroxyl groups excluding tert-OH is 1. The van der Waals surface area contributed by atoms with Gasteiger partial charge in [-0.25, -0.2) is 13.1 Å². The fourth-order valence-corrected chi connectivity index (χ4v) is 5.61. The van der Waals surface area contributed by atoms with E-state index in [0.717, 1.165) is 17.5 Å². The SMILES string of the molecule is CCc1ccc(S(=O)(=O)N[C@@H]2c3cc(C(=O)Nc4cccc(C(C)C)c4)ccc3OC(C)(C)[C@H]2O)cc1. The predicted molar refractivity (Wildman–Crippen MR) is 145 cm³/mol. The van der Waals surface area contributed by atoms with Crippen molar-refractivity contribution in [3.63, 3.8) is 0 Å². The minimum atomic E-state index is -3.97. The number of ether oxygens (including phenoxy) is 1. The van der Waals surface area contributed by atoms with Gasteiger partial charge in [0.2, 0.25) is 10.0 Å². The van der Waals surface area contributed by atoms with Crippen LogP contribution in [0.3, 0.4) is 0 Å². The zero-order valence-corrected chi connectivity index (χ0v) is 22.6. The van der Waals surface area contributed by atoms with Crippen LogP contribution in [-0.4, -0.2) is 31.1 Å². The Morgan fingerprint density at radius 2 is 1.76 bits per heavy atom. The second-order valence-corrected chi connectivity index (χ2v) is 11.9. The Balaban J connectivity index is 1.66. The van der Waals surface area contributed by atoms with Gasteiger partial charge < -0.3 is 15.2 Å². The zero-order valence-electron chi connectivity index (χ0n) is 21.8. The molecule has 0 saturated carbocycles. The van der Waals surface area contributed by atoms with Crippen molar-refractivity contribution in [1.82, 2.24) is 4.72 Å². The second-order valence-electron chi connectivity index (χ2n) is 10.2. The van der Waals surface area contributed by atoms with Crippen molar-refractivity contribution in [3.05, 3.63) is 89.0 Å². The van der Waals surface area contributed by atoms with E-state index in [-0.39, 0.29) is 10.8 Å². The monoisotopic (exact) mass is 522 g/mol. The lowest BCUT2D eigenvalue weighted by Gasteiger charge is -2.42. The maximum atomic E-state index is 13.3. The lowest BCUT2D eigenvalue weighted by Crippen LogP contribution is -2.53. The van der Waals surface area contributed by atoms with Crippen LogP contribution in [0.25, 0.3) is 0 Å². The zero-order chi connectivity index (χ0) is 27.0. The van der Waals surface area contributed by atoms with E-state index < -0.39 is 27.8 Å². The number of hydrogen-bond acceptors (Lipinski definition) is 5. The summed E-state index contributed by atoms with van der Waals surface area (Å²) in [6, 6.07) is 18.1. The summed E-state index contributed by atoms with van der Waals surface area (Å²) in [5.41, 5.74) is 2.44. The molecule has 1 aliphatic heterocycles. The number of sulfonamides is 1. The number of carbonyl (C=O) groups excluding carboxylic acids is 1. The van der Waals surface area contributed by atoms with Crippen LogP contribution in [0.15, 0.2) is 71.6 Å². The van der Waals surface area contributed by atoms with E-state index in [2.05, 4.69) is 23.9 Å². The number of benzene rings is 3. The number of carbonyl (C=O) groups is 1. The highest BCUT2D eigenvalue weighted by Crippen LogP contribution is 2.41. The number of rotatable bonds is 7. The smallest absolute Gasteiger partial charge is 0.255 e. The molecule has 37 heavy (non-hydrogen) atoms. The van der Waals surface area contributed by atoms with Crippen molar-refractivity contribution in [2.24, 2.45) is 0 Å². The molecule has 1 amide bonds. The maximum Gasteiger partial charge on any atom is 0.255 e. The minimum Gasteiger partial charge on any atom is -0.485 e. The fourth-order valence-electron chi connectivity index (χ4n) is 4.39. The molecule has 0 radical (unpaired) electrons. The first kappa shape index (κ1) is 26.9. The summed E-state index contributed by atoms with van der Waals surface area (Å²) in [5.74, 6) is 0.372. The first-order valence-corrected chi connectivity index (χ1v) is 13.9. The number of amides is 1. The van der Waals surface area contributed by atoms with E-state index in [4.69, 9.17) is 4.74 Å². The number of fused-ring (bicyclic) bond motifs is 1. The van der Waals surface area contributed by atoms with Crippen molar-refractivity contribution in [2.45, 2.75) is 69.6 Å². The van der Waals surface area contributed by atoms with Crippen LogP contribution in [0.4, 0.5) is 5.69 Å². The lowest BCUT2D eigenvalue weighted by molar-refractivity contribution is -0.0603. The van der Waals surface area contributed by atoms with Gasteiger partial charge in [-0.3, -0.25) is 4.79 Å². The summed E-state index contributed by atoms with van der Waals surface area (Å²) in [6.07, 6.45) is -0.411. The number of hydrogen-bond donors (Lipinski definition) is 3. The molecule has 196 valence electrons. The first-order valence-electron chi connectivity index (χ1n) is 12.4. The largest absolute Gasteiger partial charge is 0.485 e. The van der Waals surface area contributed by atoms with E-state index >= 15 is 0 Å². The molecule has 1 heterocycles. The molecule has 1 aliphatic rings. The molecule has 4 rings (SSSR count). The summed E-state index contributed by atoms with van der Waals surface area (Å²) in [5, 5.41) is 14.0. The molecule has 3 aromatic carbocycles. The summed E-state index contributed by atoms with van der Waals surface area (Å²) in [7, 11) is -3.97. The Labute approximate surface area is 218 Å². The average Bonchev–Trinajstić information content (AvgIpc) is 2.86. The van der Waals surface area contributed by atoms with Crippen molar-refractivity contribution < 1.29 is 23.1 Å². The Bertz CT molecular complexity index is 1400. The molecule has 0 bridgehead atoms. The first-order chi connectivity index (χ1) is 17.4. The third kappa shape index (κ3) is 5.71. The van der Waals surface area contributed by atoms with E-state index in [1.807, 2.05) is 31.2 Å². The van der Waals surface area contributed by atoms with E-state index in [9.17, 15) is 18.3 Å². The molecule has 8 heteroatoms. The fraction of sp³-hybridized carbons (Fsp3) is 0.345. The van der Waals surface area contributed by atoms with Gasteiger partial charge in [-0.05, 0) is 79.8 Å². The van der Waals surface area contributed by atoms with Gasteiger partial charge in [0.15, 0.2) is 0 Å². The van der Waals surface area contributed by atoms with Crippen molar-refractivity contribution in [2.75, 3.05) is 5.32 Å². The van der Waals surface area contributed by atoms with Gasteiger partial charge in [0.05, 0.1) is 10.9 Å². The second kappa shape index (κ2) is 10.3. The molecule has 0 saturated heterocycles. The normalized spacial score (nSPS) is 18.7. The van der Waals surface area contributed by atoms with Gasteiger partial charge in [-0.15, -0.1) is 0 Å². The quantitative estimate of drug-likeness (QED) is 0.397. The summed E-state index contributed by atoms with van der Waals surface area (Å²) < 4.78 is 35.2. The highest BCUT2D eigenvalue weighted by atomic mass is 32.2. The van der Waals surface area contributed by atoms with Gasteiger partial charge in [-0.1, -0.05) is 45.0 Å². The molecule has 0 aliphatic carbocycles. The Kier molecular flexibility index (Phi) is 7.46. The third-order valence-corrected chi connectivity index (χ3v) is 8.20. The van der Waals surface area contributed by atoms with Crippen molar-refractivity contribution in [3.8, 4) is 5.75 Å². The van der Waals surface area contributed by atoms with E-state index in [1.54, 1.807) is 56.3 Å². The predicted octanol–water partition coefficient (Wildman–Crippen LogP) is 5.18. The minimum absolute atomic E-state index is 0.0988. The molecule has 0 aromatic heterocycles.